The number of carbonyl (C=O) groups is 1. The van der Waals surface area contributed by atoms with E-state index in [9.17, 15) is 4.79 Å². The highest BCUT2D eigenvalue weighted by Crippen LogP contribution is 2.38. The normalized spacial score (nSPS) is 28.2. The molecule has 3 atom stereocenters. The fourth-order valence-electron chi connectivity index (χ4n) is 3.65. The average molecular weight is 274 g/mol. The molecular weight excluding hydrogens is 252 g/mol. The van der Waals surface area contributed by atoms with Gasteiger partial charge in [-0.1, -0.05) is 6.42 Å². The lowest BCUT2D eigenvalue weighted by Crippen LogP contribution is -2.39. The van der Waals surface area contributed by atoms with Crippen LogP contribution < -0.4 is 15.4 Å². The molecule has 0 bridgehead atoms. The summed E-state index contributed by atoms with van der Waals surface area (Å²) >= 11 is 0. The molecule has 1 saturated carbocycles. The topological polar surface area (TPSA) is 50.4 Å². The number of ether oxygens (including phenoxy) is 1. The zero-order chi connectivity index (χ0) is 14.1. The maximum Gasteiger partial charge on any atom is 0.241 e. The van der Waals surface area contributed by atoms with Gasteiger partial charge in [-0.15, -0.1) is 0 Å². The van der Waals surface area contributed by atoms with Crippen molar-refractivity contribution in [2.24, 2.45) is 11.8 Å². The summed E-state index contributed by atoms with van der Waals surface area (Å²) < 4.78 is 5.24. The molecule has 2 fully saturated rings. The van der Waals surface area contributed by atoms with Crippen molar-refractivity contribution in [3.05, 3.63) is 23.8 Å². The predicted molar refractivity (Wildman–Crippen MR) is 79.0 cm³/mol. The number of benzene rings is 1. The van der Waals surface area contributed by atoms with Crippen LogP contribution in [0.4, 0.5) is 5.69 Å². The summed E-state index contributed by atoms with van der Waals surface area (Å²) in [6.07, 6.45) is 3.71. The number of fused-ring (bicyclic) bond motifs is 1. The van der Waals surface area contributed by atoms with E-state index < -0.39 is 0 Å². The van der Waals surface area contributed by atoms with Crippen molar-refractivity contribution in [3.8, 4) is 5.75 Å². The summed E-state index contributed by atoms with van der Waals surface area (Å²) in [6, 6.07) is 5.72. The smallest absolute Gasteiger partial charge is 0.241 e. The van der Waals surface area contributed by atoms with Crippen LogP contribution >= 0.6 is 0 Å². The van der Waals surface area contributed by atoms with E-state index in [4.69, 9.17) is 4.74 Å². The SMILES string of the molecule is COc1ccc(NC(=O)C2NCC3CCCC32)cc1C. The highest BCUT2D eigenvalue weighted by Gasteiger charge is 2.42. The molecule has 1 heterocycles. The Labute approximate surface area is 119 Å². The van der Waals surface area contributed by atoms with Gasteiger partial charge >= 0.3 is 0 Å². The molecule has 1 aromatic carbocycles. The van der Waals surface area contributed by atoms with E-state index in [2.05, 4.69) is 10.6 Å². The summed E-state index contributed by atoms with van der Waals surface area (Å²) in [6.45, 7) is 2.97. The quantitative estimate of drug-likeness (QED) is 0.889. The van der Waals surface area contributed by atoms with Crippen molar-refractivity contribution < 1.29 is 9.53 Å². The minimum absolute atomic E-state index is 0.0232. The van der Waals surface area contributed by atoms with Crippen molar-refractivity contribution in [2.75, 3.05) is 19.0 Å². The standard InChI is InChI=1S/C16H22N2O2/c1-10-8-12(6-7-14(10)20-2)18-16(19)15-13-5-3-4-11(13)9-17-15/h6-8,11,13,15,17H,3-5,9H2,1-2H3,(H,18,19). The molecule has 0 spiro atoms. The van der Waals surface area contributed by atoms with Crippen LogP contribution in [0.2, 0.25) is 0 Å². The molecule has 20 heavy (non-hydrogen) atoms. The number of hydrogen-bond acceptors (Lipinski definition) is 3. The molecule has 2 N–H and O–H groups in total. The fourth-order valence-corrected chi connectivity index (χ4v) is 3.65. The lowest BCUT2D eigenvalue weighted by molar-refractivity contribution is -0.118. The van der Waals surface area contributed by atoms with Gasteiger partial charge in [0.15, 0.2) is 0 Å². The molecule has 3 rings (SSSR count). The average Bonchev–Trinajstić information content (AvgIpc) is 3.00. The van der Waals surface area contributed by atoms with Crippen LogP contribution in [0.5, 0.6) is 5.75 Å². The number of amides is 1. The molecule has 0 radical (unpaired) electrons. The maximum absolute atomic E-state index is 12.4. The third kappa shape index (κ3) is 2.40. The number of rotatable bonds is 3. The first-order chi connectivity index (χ1) is 9.69. The van der Waals surface area contributed by atoms with Crippen LogP contribution in [-0.2, 0) is 4.79 Å². The second-order valence-corrected chi connectivity index (χ2v) is 5.91. The van der Waals surface area contributed by atoms with Crippen molar-refractivity contribution in [1.82, 2.24) is 5.32 Å². The maximum atomic E-state index is 12.4. The molecule has 108 valence electrons. The largest absolute Gasteiger partial charge is 0.496 e. The molecule has 1 amide bonds. The van der Waals surface area contributed by atoms with Crippen molar-refractivity contribution in [2.45, 2.75) is 32.2 Å². The first kappa shape index (κ1) is 13.4. The monoisotopic (exact) mass is 274 g/mol. The molecule has 1 aliphatic carbocycles. The summed E-state index contributed by atoms with van der Waals surface area (Å²) in [7, 11) is 1.66. The third-order valence-corrected chi connectivity index (χ3v) is 4.69. The Hall–Kier alpha value is -1.55. The zero-order valence-electron chi connectivity index (χ0n) is 12.1. The minimum atomic E-state index is -0.0232. The van der Waals surface area contributed by atoms with E-state index >= 15 is 0 Å². The van der Waals surface area contributed by atoms with Crippen LogP contribution in [0.25, 0.3) is 0 Å². The number of carbonyl (C=O) groups excluding carboxylic acids is 1. The van der Waals surface area contributed by atoms with Gasteiger partial charge in [0.1, 0.15) is 5.75 Å². The van der Waals surface area contributed by atoms with E-state index in [1.165, 1.54) is 19.3 Å². The van der Waals surface area contributed by atoms with Gasteiger partial charge in [0.25, 0.3) is 0 Å². The molecule has 1 aromatic rings. The van der Waals surface area contributed by atoms with Gasteiger partial charge in [-0.3, -0.25) is 4.79 Å². The number of aryl methyl sites for hydroxylation is 1. The first-order valence-electron chi connectivity index (χ1n) is 7.38. The second-order valence-electron chi connectivity index (χ2n) is 5.91. The summed E-state index contributed by atoms with van der Waals surface area (Å²) in [5.74, 6) is 2.17. The van der Waals surface area contributed by atoms with Crippen LogP contribution in [0.3, 0.4) is 0 Å². The van der Waals surface area contributed by atoms with E-state index in [0.29, 0.717) is 11.8 Å². The van der Waals surface area contributed by atoms with Gasteiger partial charge < -0.3 is 15.4 Å². The summed E-state index contributed by atoms with van der Waals surface area (Å²) in [4.78, 5) is 12.4. The Bertz CT molecular complexity index is 515. The van der Waals surface area contributed by atoms with Crippen LogP contribution in [-0.4, -0.2) is 25.6 Å². The van der Waals surface area contributed by atoms with Gasteiger partial charge in [0.2, 0.25) is 5.91 Å². The molecule has 0 aromatic heterocycles. The van der Waals surface area contributed by atoms with Crippen molar-refractivity contribution in [3.63, 3.8) is 0 Å². The van der Waals surface area contributed by atoms with E-state index in [-0.39, 0.29) is 11.9 Å². The number of methoxy groups -OCH3 is 1. The van der Waals surface area contributed by atoms with Gasteiger partial charge in [-0.2, -0.15) is 0 Å². The van der Waals surface area contributed by atoms with E-state index in [1.807, 2.05) is 25.1 Å². The molecular formula is C16H22N2O2. The van der Waals surface area contributed by atoms with Gasteiger partial charge in [0, 0.05) is 5.69 Å². The Morgan fingerprint density at radius 2 is 2.25 bits per heavy atom. The van der Waals surface area contributed by atoms with Crippen LogP contribution in [0, 0.1) is 18.8 Å². The molecule has 4 nitrogen and oxygen atoms in total. The highest BCUT2D eigenvalue weighted by molar-refractivity contribution is 5.95. The Kier molecular flexibility index (Phi) is 3.66. The zero-order valence-corrected chi connectivity index (χ0v) is 12.1. The molecule has 2 aliphatic rings. The number of hydrogen-bond donors (Lipinski definition) is 2. The predicted octanol–water partition coefficient (Wildman–Crippen LogP) is 2.33. The van der Waals surface area contributed by atoms with Crippen molar-refractivity contribution >= 4 is 11.6 Å². The fraction of sp³-hybridized carbons (Fsp3) is 0.562. The minimum Gasteiger partial charge on any atom is -0.496 e. The number of anilines is 1. The van der Waals surface area contributed by atoms with Crippen molar-refractivity contribution in [1.29, 1.82) is 0 Å². The summed E-state index contributed by atoms with van der Waals surface area (Å²) in [5.41, 5.74) is 1.87. The number of nitrogens with one attached hydrogen (secondary N) is 2. The lowest BCUT2D eigenvalue weighted by atomic mass is 9.93. The lowest BCUT2D eigenvalue weighted by Gasteiger charge is -2.18. The van der Waals surface area contributed by atoms with Gasteiger partial charge in [0.05, 0.1) is 13.2 Å². The summed E-state index contributed by atoms with van der Waals surface area (Å²) in [5, 5.41) is 6.41. The van der Waals surface area contributed by atoms with Gasteiger partial charge in [-0.05, 0) is 61.9 Å². The van der Waals surface area contributed by atoms with E-state index in [1.54, 1.807) is 7.11 Å². The second kappa shape index (κ2) is 5.44. The highest BCUT2D eigenvalue weighted by atomic mass is 16.5. The Morgan fingerprint density at radius 1 is 1.40 bits per heavy atom. The molecule has 4 heteroatoms. The third-order valence-electron chi connectivity index (χ3n) is 4.69. The van der Waals surface area contributed by atoms with Gasteiger partial charge in [-0.25, -0.2) is 0 Å². The molecule has 1 aliphatic heterocycles. The Balaban J connectivity index is 1.68. The van der Waals surface area contributed by atoms with Crippen LogP contribution in [0.1, 0.15) is 24.8 Å². The first-order valence-corrected chi connectivity index (χ1v) is 7.38. The molecule has 1 saturated heterocycles. The molecule has 3 unspecified atom stereocenters. The Morgan fingerprint density at radius 3 is 3.00 bits per heavy atom. The van der Waals surface area contributed by atoms with Crippen LogP contribution in [0.15, 0.2) is 18.2 Å². The van der Waals surface area contributed by atoms with E-state index in [0.717, 1.165) is 23.5 Å².